The van der Waals surface area contributed by atoms with E-state index in [-0.39, 0.29) is 0 Å². The van der Waals surface area contributed by atoms with Gasteiger partial charge in [-0.3, -0.25) is 4.99 Å². The van der Waals surface area contributed by atoms with Crippen molar-refractivity contribution in [2.45, 2.75) is 19.9 Å². The Morgan fingerprint density at radius 2 is 2.40 bits per heavy atom. The molecule has 0 radical (unpaired) electrons. The van der Waals surface area contributed by atoms with Crippen molar-refractivity contribution in [3.8, 4) is 0 Å². The molecule has 0 spiro atoms. The van der Waals surface area contributed by atoms with Crippen molar-refractivity contribution < 1.29 is 0 Å². The SMILES string of the molecule is CC(C)N=C1N=C(N)CS1. The minimum Gasteiger partial charge on any atom is -0.386 e. The van der Waals surface area contributed by atoms with Crippen LogP contribution in [0.2, 0.25) is 0 Å². The van der Waals surface area contributed by atoms with E-state index in [4.69, 9.17) is 5.73 Å². The first-order valence-corrected chi connectivity index (χ1v) is 4.20. The lowest BCUT2D eigenvalue weighted by Gasteiger charge is -1.94. The molecule has 0 unspecified atom stereocenters. The van der Waals surface area contributed by atoms with E-state index >= 15 is 0 Å². The van der Waals surface area contributed by atoms with E-state index in [1.165, 1.54) is 0 Å². The van der Waals surface area contributed by atoms with Gasteiger partial charge in [0.2, 0.25) is 0 Å². The van der Waals surface area contributed by atoms with E-state index in [1.807, 2.05) is 13.8 Å². The number of nitrogens with two attached hydrogens (primary N) is 1. The molecule has 0 bridgehead atoms. The van der Waals surface area contributed by atoms with Crippen LogP contribution in [0.25, 0.3) is 0 Å². The highest BCUT2D eigenvalue weighted by molar-refractivity contribution is 8.14. The van der Waals surface area contributed by atoms with Crippen LogP contribution >= 0.6 is 11.8 Å². The molecule has 0 amide bonds. The molecule has 0 aromatic heterocycles. The van der Waals surface area contributed by atoms with Crippen LogP contribution in [0.5, 0.6) is 0 Å². The number of thioether (sulfide) groups is 1. The summed E-state index contributed by atoms with van der Waals surface area (Å²) in [5, 5.41) is 0.826. The fourth-order valence-corrected chi connectivity index (χ4v) is 1.42. The van der Waals surface area contributed by atoms with Gasteiger partial charge < -0.3 is 5.73 Å². The summed E-state index contributed by atoms with van der Waals surface area (Å²) < 4.78 is 0. The maximum absolute atomic E-state index is 5.45. The number of rotatable bonds is 1. The van der Waals surface area contributed by atoms with Crippen LogP contribution in [-0.2, 0) is 0 Å². The number of aliphatic imine (C=N–C) groups is 2. The Labute approximate surface area is 64.8 Å². The Balaban J connectivity index is 2.59. The second-order valence-corrected chi connectivity index (χ2v) is 3.34. The first kappa shape index (κ1) is 7.60. The highest BCUT2D eigenvalue weighted by Gasteiger charge is 2.09. The molecule has 3 nitrogen and oxygen atoms in total. The van der Waals surface area contributed by atoms with Crippen molar-refractivity contribution in [2.75, 3.05) is 5.75 Å². The Morgan fingerprint density at radius 3 is 2.80 bits per heavy atom. The summed E-state index contributed by atoms with van der Waals surface area (Å²) in [6, 6.07) is 0.317. The predicted octanol–water partition coefficient (Wildman–Crippen LogP) is 0.855. The summed E-state index contributed by atoms with van der Waals surface area (Å²) in [5.74, 6) is 1.48. The Kier molecular flexibility index (Phi) is 2.32. The van der Waals surface area contributed by atoms with Gasteiger partial charge >= 0.3 is 0 Å². The largest absolute Gasteiger partial charge is 0.386 e. The Hall–Kier alpha value is -0.510. The quantitative estimate of drug-likeness (QED) is 0.613. The number of amidine groups is 2. The average Bonchev–Trinajstić information content (AvgIpc) is 2.13. The first-order chi connectivity index (χ1) is 4.68. The van der Waals surface area contributed by atoms with Crippen LogP contribution in [0.4, 0.5) is 0 Å². The molecule has 1 rings (SSSR count). The molecule has 0 fully saturated rings. The van der Waals surface area contributed by atoms with Crippen LogP contribution in [0, 0.1) is 0 Å². The zero-order valence-corrected chi connectivity index (χ0v) is 6.98. The molecular formula is C6H11N3S. The lowest BCUT2D eigenvalue weighted by Crippen LogP contribution is -2.09. The van der Waals surface area contributed by atoms with Crippen molar-refractivity contribution in [3.63, 3.8) is 0 Å². The zero-order chi connectivity index (χ0) is 7.56. The van der Waals surface area contributed by atoms with Gasteiger partial charge in [-0.2, -0.15) is 0 Å². The van der Waals surface area contributed by atoms with Gasteiger partial charge in [-0.25, -0.2) is 4.99 Å². The van der Waals surface area contributed by atoms with E-state index in [1.54, 1.807) is 11.8 Å². The van der Waals surface area contributed by atoms with E-state index in [9.17, 15) is 0 Å². The second-order valence-electron chi connectivity index (χ2n) is 2.40. The molecule has 0 aromatic carbocycles. The van der Waals surface area contributed by atoms with Crippen molar-refractivity contribution in [1.82, 2.24) is 0 Å². The third kappa shape index (κ3) is 2.02. The van der Waals surface area contributed by atoms with Gasteiger partial charge in [-0.15, -0.1) is 0 Å². The Bertz CT molecular complexity index is 183. The summed E-state index contributed by atoms with van der Waals surface area (Å²) in [7, 11) is 0. The molecule has 0 aromatic rings. The normalized spacial score (nSPS) is 22.3. The highest BCUT2D eigenvalue weighted by Crippen LogP contribution is 2.13. The van der Waals surface area contributed by atoms with Crippen LogP contribution in [0.15, 0.2) is 9.98 Å². The highest BCUT2D eigenvalue weighted by atomic mass is 32.2. The summed E-state index contributed by atoms with van der Waals surface area (Å²) in [4.78, 5) is 8.27. The molecule has 1 heterocycles. The summed E-state index contributed by atoms with van der Waals surface area (Å²) >= 11 is 1.60. The predicted molar refractivity (Wildman–Crippen MR) is 46.7 cm³/mol. The topological polar surface area (TPSA) is 50.7 Å². The number of nitrogens with zero attached hydrogens (tertiary/aromatic N) is 2. The molecule has 0 saturated carbocycles. The first-order valence-electron chi connectivity index (χ1n) is 3.22. The van der Waals surface area contributed by atoms with Gasteiger partial charge in [0.25, 0.3) is 0 Å². The number of hydrogen-bond acceptors (Lipinski definition) is 3. The van der Waals surface area contributed by atoms with E-state index in [0.717, 1.165) is 10.9 Å². The summed E-state index contributed by atoms with van der Waals surface area (Å²) in [6.45, 7) is 4.05. The van der Waals surface area contributed by atoms with Crippen molar-refractivity contribution >= 4 is 22.8 Å². The third-order valence-corrected chi connectivity index (χ3v) is 1.85. The minimum absolute atomic E-state index is 0.317. The third-order valence-electron chi connectivity index (χ3n) is 0.957. The molecule has 0 saturated heterocycles. The van der Waals surface area contributed by atoms with E-state index in [2.05, 4.69) is 9.98 Å². The van der Waals surface area contributed by atoms with Gasteiger partial charge in [-0.1, -0.05) is 11.8 Å². The van der Waals surface area contributed by atoms with E-state index in [0.29, 0.717) is 11.9 Å². The average molecular weight is 157 g/mol. The van der Waals surface area contributed by atoms with E-state index < -0.39 is 0 Å². The zero-order valence-electron chi connectivity index (χ0n) is 6.16. The lowest BCUT2D eigenvalue weighted by molar-refractivity contribution is 0.838. The molecular weight excluding hydrogens is 146 g/mol. The molecule has 0 aliphatic carbocycles. The molecule has 56 valence electrons. The fourth-order valence-electron chi connectivity index (χ4n) is 0.613. The summed E-state index contributed by atoms with van der Waals surface area (Å²) in [5.41, 5.74) is 5.45. The van der Waals surface area contributed by atoms with Gasteiger partial charge in [-0.05, 0) is 13.8 Å². The molecule has 1 aliphatic rings. The van der Waals surface area contributed by atoms with Crippen LogP contribution < -0.4 is 5.73 Å². The Morgan fingerprint density at radius 1 is 1.70 bits per heavy atom. The molecule has 4 heteroatoms. The second kappa shape index (κ2) is 3.05. The van der Waals surface area contributed by atoms with Gasteiger partial charge in [0.1, 0.15) is 5.84 Å². The molecule has 0 atom stereocenters. The minimum atomic E-state index is 0.317. The van der Waals surface area contributed by atoms with Crippen molar-refractivity contribution in [1.29, 1.82) is 0 Å². The van der Waals surface area contributed by atoms with Crippen LogP contribution in [-0.4, -0.2) is 22.8 Å². The maximum atomic E-state index is 5.45. The lowest BCUT2D eigenvalue weighted by atomic mass is 10.4. The molecule has 1 aliphatic heterocycles. The monoisotopic (exact) mass is 157 g/mol. The van der Waals surface area contributed by atoms with Crippen LogP contribution in [0.3, 0.4) is 0 Å². The smallest absolute Gasteiger partial charge is 0.185 e. The van der Waals surface area contributed by atoms with Crippen molar-refractivity contribution in [3.05, 3.63) is 0 Å². The standard InChI is InChI=1S/C6H11N3S/c1-4(2)8-6-9-5(7)3-10-6/h4H,3H2,1-2H3,(H2,7,8,9). The van der Waals surface area contributed by atoms with Gasteiger partial charge in [0.05, 0.1) is 5.75 Å². The van der Waals surface area contributed by atoms with Crippen molar-refractivity contribution in [2.24, 2.45) is 15.7 Å². The van der Waals surface area contributed by atoms with Crippen LogP contribution in [0.1, 0.15) is 13.8 Å². The summed E-state index contributed by atoms with van der Waals surface area (Å²) in [6.07, 6.45) is 0. The maximum Gasteiger partial charge on any atom is 0.185 e. The van der Waals surface area contributed by atoms with Gasteiger partial charge in [0, 0.05) is 6.04 Å². The number of hydrogen-bond donors (Lipinski definition) is 1. The fraction of sp³-hybridized carbons (Fsp3) is 0.667. The van der Waals surface area contributed by atoms with Gasteiger partial charge in [0.15, 0.2) is 5.17 Å². The molecule has 2 N–H and O–H groups in total. The molecule has 10 heavy (non-hydrogen) atoms.